The third-order valence-electron chi connectivity index (χ3n) is 7.26. The van der Waals surface area contributed by atoms with Crippen molar-refractivity contribution in [3.63, 3.8) is 0 Å². The molecule has 0 radical (unpaired) electrons. The number of benzene rings is 6. The summed E-state index contributed by atoms with van der Waals surface area (Å²) in [4.78, 5) is 0. The highest BCUT2D eigenvalue weighted by atomic mass is 16.3. The first-order valence-electron chi connectivity index (χ1n) is 11.2. The molecule has 1 heteroatoms. The molecular formula is C31H18O. The zero-order valence-corrected chi connectivity index (χ0v) is 17.4. The second kappa shape index (κ2) is 5.77. The van der Waals surface area contributed by atoms with Crippen LogP contribution in [-0.2, 0) is 6.42 Å². The van der Waals surface area contributed by atoms with Crippen molar-refractivity contribution in [2.45, 2.75) is 6.42 Å². The Morgan fingerprint density at radius 3 is 1.97 bits per heavy atom. The monoisotopic (exact) mass is 406 g/mol. The van der Waals surface area contributed by atoms with Crippen LogP contribution >= 0.6 is 0 Å². The quantitative estimate of drug-likeness (QED) is 0.230. The van der Waals surface area contributed by atoms with E-state index < -0.39 is 0 Å². The average Bonchev–Trinajstić information content (AvgIpc) is 3.43. The normalized spacial score (nSPS) is 12.9. The fourth-order valence-electron chi connectivity index (χ4n) is 6.02. The summed E-state index contributed by atoms with van der Waals surface area (Å²) in [5, 5.41) is 10.3. The minimum Gasteiger partial charge on any atom is -0.455 e. The van der Waals surface area contributed by atoms with E-state index in [-0.39, 0.29) is 0 Å². The average molecular weight is 406 g/mol. The van der Waals surface area contributed by atoms with Gasteiger partial charge in [0, 0.05) is 21.5 Å². The standard InChI is InChI=1S/C31H18O/c1-2-10-19-18(9-1)17-25-27(19)20-11-3-4-12-21(20)29-28(25)22-13-5-6-14-23(22)31-30(29)24-15-7-8-16-26(24)32-31/h1-16H,17H2. The molecule has 0 bridgehead atoms. The molecule has 1 aliphatic carbocycles. The topological polar surface area (TPSA) is 13.1 Å². The molecular weight excluding hydrogens is 388 g/mol. The highest BCUT2D eigenvalue weighted by Gasteiger charge is 2.27. The Morgan fingerprint density at radius 2 is 1.12 bits per heavy atom. The zero-order valence-electron chi connectivity index (χ0n) is 17.4. The van der Waals surface area contributed by atoms with Gasteiger partial charge in [-0.15, -0.1) is 0 Å². The maximum Gasteiger partial charge on any atom is 0.143 e. The number of furan rings is 1. The Morgan fingerprint density at radius 1 is 0.500 bits per heavy atom. The van der Waals surface area contributed by atoms with E-state index in [2.05, 4.69) is 97.1 Å². The van der Waals surface area contributed by atoms with Gasteiger partial charge in [0.05, 0.1) is 0 Å². The first kappa shape index (κ1) is 16.6. The summed E-state index contributed by atoms with van der Waals surface area (Å²) < 4.78 is 6.50. The summed E-state index contributed by atoms with van der Waals surface area (Å²) in [5.41, 5.74) is 7.59. The van der Waals surface area contributed by atoms with Crippen LogP contribution < -0.4 is 0 Å². The number of fused-ring (bicyclic) bond motifs is 15. The van der Waals surface area contributed by atoms with Crippen LogP contribution in [0, 0.1) is 0 Å². The summed E-state index contributed by atoms with van der Waals surface area (Å²) in [6.07, 6.45) is 0.970. The minimum absolute atomic E-state index is 0.952. The Kier molecular flexibility index (Phi) is 2.99. The van der Waals surface area contributed by atoms with Crippen LogP contribution in [0.2, 0.25) is 0 Å². The lowest BCUT2D eigenvalue weighted by atomic mass is 9.86. The fourth-order valence-corrected chi connectivity index (χ4v) is 6.02. The van der Waals surface area contributed by atoms with E-state index in [0.717, 1.165) is 17.6 Å². The van der Waals surface area contributed by atoms with Crippen molar-refractivity contribution in [2.24, 2.45) is 0 Å². The lowest BCUT2D eigenvalue weighted by Crippen LogP contribution is -1.91. The van der Waals surface area contributed by atoms with Crippen molar-refractivity contribution < 1.29 is 4.42 Å². The molecule has 0 spiro atoms. The van der Waals surface area contributed by atoms with Crippen molar-refractivity contribution in [1.29, 1.82) is 0 Å². The Balaban J connectivity index is 1.78. The van der Waals surface area contributed by atoms with Gasteiger partial charge in [0.15, 0.2) is 0 Å². The van der Waals surface area contributed by atoms with Gasteiger partial charge < -0.3 is 4.42 Å². The number of hydrogen-bond donors (Lipinski definition) is 0. The SMILES string of the molecule is c1ccc2c(c1)Cc1c-2c2ccccc2c2c1c1ccccc1c1oc3ccccc3c12. The molecule has 1 nitrogen and oxygen atoms in total. The first-order valence-corrected chi connectivity index (χ1v) is 11.2. The minimum atomic E-state index is 0.952. The van der Waals surface area contributed by atoms with Gasteiger partial charge in [-0.2, -0.15) is 0 Å². The Hall–Kier alpha value is -4.10. The van der Waals surface area contributed by atoms with Crippen LogP contribution in [0.4, 0.5) is 0 Å². The first-order chi connectivity index (χ1) is 15.9. The van der Waals surface area contributed by atoms with Crippen LogP contribution in [0.25, 0.3) is 65.4 Å². The summed E-state index contributed by atoms with van der Waals surface area (Å²) in [6, 6.07) is 35.0. The smallest absolute Gasteiger partial charge is 0.143 e. The molecule has 1 aliphatic rings. The van der Waals surface area contributed by atoms with Crippen LogP contribution in [0.15, 0.2) is 101 Å². The van der Waals surface area contributed by atoms with Crippen molar-refractivity contribution in [1.82, 2.24) is 0 Å². The molecule has 1 aromatic heterocycles. The molecule has 1 heterocycles. The molecule has 0 saturated carbocycles. The predicted molar refractivity (Wildman–Crippen MR) is 134 cm³/mol. The second-order valence-electron chi connectivity index (χ2n) is 8.83. The summed E-state index contributed by atoms with van der Waals surface area (Å²) in [7, 11) is 0. The van der Waals surface area contributed by atoms with E-state index >= 15 is 0 Å². The third-order valence-corrected chi connectivity index (χ3v) is 7.26. The van der Waals surface area contributed by atoms with Crippen LogP contribution in [0.3, 0.4) is 0 Å². The molecule has 0 aliphatic heterocycles. The van der Waals surface area contributed by atoms with E-state index in [1.165, 1.54) is 65.3 Å². The Labute approximate surface area is 184 Å². The van der Waals surface area contributed by atoms with Crippen LogP contribution in [-0.4, -0.2) is 0 Å². The Bertz CT molecular complexity index is 1900. The highest BCUT2D eigenvalue weighted by molar-refractivity contribution is 6.37. The number of para-hydroxylation sites is 1. The lowest BCUT2D eigenvalue weighted by molar-refractivity contribution is 0.673. The van der Waals surface area contributed by atoms with Crippen molar-refractivity contribution in [2.75, 3.05) is 0 Å². The summed E-state index contributed by atoms with van der Waals surface area (Å²) >= 11 is 0. The summed E-state index contributed by atoms with van der Waals surface area (Å²) in [5.74, 6) is 0. The maximum atomic E-state index is 6.50. The number of rotatable bonds is 0. The van der Waals surface area contributed by atoms with Gasteiger partial charge in [0.2, 0.25) is 0 Å². The van der Waals surface area contributed by atoms with Gasteiger partial charge in [-0.25, -0.2) is 0 Å². The van der Waals surface area contributed by atoms with Gasteiger partial charge in [-0.1, -0.05) is 91.0 Å². The van der Waals surface area contributed by atoms with Gasteiger partial charge >= 0.3 is 0 Å². The lowest BCUT2D eigenvalue weighted by Gasteiger charge is -2.16. The molecule has 6 aromatic carbocycles. The number of hydrogen-bond acceptors (Lipinski definition) is 1. The molecule has 0 atom stereocenters. The molecule has 7 aromatic rings. The van der Waals surface area contributed by atoms with Gasteiger partial charge in [0.25, 0.3) is 0 Å². The summed E-state index contributed by atoms with van der Waals surface area (Å²) in [6.45, 7) is 0. The largest absolute Gasteiger partial charge is 0.455 e. The molecule has 0 amide bonds. The van der Waals surface area contributed by atoms with E-state index in [0.29, 0.717) is 0 Å². The van der Waals surface area contributed by atoms with Gasteiger partial charge in [0.1, 0.15) is 11.2 Å². The highest BCUT2D eigenvalue weighted by Crippen LogP contribution is 2.51. The molecule has 0 unspecified atom stereocenters. The van der Waals surface area contributed by atoms with Crippen molar-refractivity contribution in [3.05, 3.63) is 108 Å². The van der Waals surface area contributed by atoms with Crippen LogP contribution in [0.5, 0.6) is 0 Å². The molecule has 32 heavy (non-hydrogen) atoms. The zero-order chi connectivity index (χ0) is 20.8. The van der Waals surface area contributed by atoms with E-state index in [1.54, 1.807) is 0 Å². The predicted octanol–water partition coefficient (Wildman–Crippen LogP) is 8.62. The molecule has 0 N–H and O–H groups in total. The van der Waals surface area contributed by atoms with Crippen molar-refractivity contribution >= 4 is 54.3 Å². The van der Waals surface area contributed by atoms with Crippen LogP contribution in [0.1, 0.15) is 11.1 Å². The van der Waals surface area contributed by atoms with E-state index in [1.807, 2.05) is 0 Å². The van der Waals surface area contributed by atoms with Gasteiger partial charge in [-0.3, -0.25) is 0 Å². The van der Waals surface area contributed by atoms with Gasteiger partial charge in [-0.05, 0) is 56.3 Å². The molecule has 0 saturated heterocycles. The molecule has 0 fully saturated rings. The van der Waals surface area contributed by atoms with Crippen molar-refractivity contribution in [3.8, 4) is 11.1 Å². The molecule has 8 rings (SSSR count). The maximum absolute atomic E-state index is 6.50. The van der Waals surface area contributed by atoms with E-state index in [4.69, 9.17) is 4.42 Å². The second-order valence-corrected chi connectivity index (χ2v) is 8.83. The fraction of sp³-hybridized carbons (Fsp3) is 0.0323. The third kappa shape index (κ3) is 1.90. The van der Waals surface area contributed by atoms with E-state index in [9.17, 15) is 0 Å². The molecule has 148 valence electrons.